The summed E-state index contributed by atoms with van der Waals surface area (Å²) in [6, 6.07) is 21.1. The monoisotopic (exact) mass is 500 g/mol. The Hall–Kier alpha value is -3.49. The molecule has 1 spiro atoms. The van der Waals surface area contributed by atoms with E-state index in [0.717, 1.165) is 22.6 Å². The number of hydrogen-bond acceptors (Lipinski definition) is 7. The second-order valence-corrected chi connectivity index (χ2v) is 10.5. The van der Waals surface area contributed by atoms with Crippen molar-refractivity contribution in [3.05, 3.63) is 83.4 Å². The average molecular weight is 501 g/mol. The maximum atomic E-state index is 14.6. The Morgan fingerprint density at radius 2 is 1.92 bits per heavy atom. The van der Waals surface area contributed by atoms with Crippen LogP contribution in [-0.2, 0) is 10.3 Å². The Balaban J connectivity index is 1.47. The third kappa shape index (κ3) is 2.85. The first-order chi connectivity index (χ1) is 17.6. The highest BCUT2D eigenvalue weighted by atomic mass is 32.2. The number of thioether (sulfide) groups is 1. The Labute approximate surface area is 212 Å². The smallest absolute Gasteiger partial charge is 0.250 e. The molecule has 3 aromatic carbocycles. The molecule has 1 amide bonds. The lowest BCUT2D eigenvalue weighted by Gasteiger charge is -2.36. The van der Waals surface area contributed by atoms with E-state index in [2.05, 4.69) is 22.3 Å². The number of ketones is 1. The lowest BCUT2D eigenvalue weighted by Crippen LogP contribution is -2.52. The third-order valence-electron chi connectivity index (χ3n) is 7.95. The number of nitrogens with one attached hydrogen (secondary N) is 1. The quantitative estimate of drug-likeness (QED) is 0.537. The number of benzene rings is 3. The van der Waals surface area contributed by atoms with Crippen molar-refractivity contribution in [2.75, 3.05) is 30.8 Å². The molecule has 0 saturated carbocycles. The van der Waals surface area contributed by atoms with Gasteiger partial charge in [-0.25, -0.2) is 0 Å². The molecule has 0 unspecified atom stereocenters. The van der Waals surface area contributed by atoms with Crippen LogP contribution in [0.5, 0.6) is 17.2 Å². The van der Waals surface area contributed by atoms with Crippen LogP contribution in [0.2, 0.25) is 0 Å². The van der Waals surface area contributed by atoms with Gasteiger partial charge in [0.05, 0.1) is 13.0 Å². The molecule has 7 rings (SSSR count). The van der Waals surface area contributed by atoms with Gasteiger partial charge >= 0.3 is 0 Å². The first-order valence-corrected chi connectivity index (χ1v) is 13.1. The highest BCUT2D eigenvalue weighted by Crippen LogP contribution is 2.61. The SMILES string of the molecule is COc1ccc2c(c1)[C@]1(C(=O)N2)[C@H](C(=O)c2ccc3c(c2)OCO3)[C@H](c2ccccc2)[C@@H]2CSCN21. The van der Waals surface area contributed by atoms with Gasteiger partial charge in [0, 0.05) is 40.4 Å². The summed E-state index contributed by atoms with van der Waals surface area (Å²) in [5, 5.41) is 3.10. The van der Waals surface area contributed by atoms with Crippen molar-refractivity contribution >= 4 is 29.1 Å². The molecule has 36 heavy (non-hydrogen) atoms. The number of carbonyl (C=O) groups is 2. The van der Waals surface area contributed by atoms with Gasteiger partial charge in [0.15, 0.2) is 17.3 Å². The van der Waals surface area contributed by atoms with Crippen LogP contribution < -0.4 is 19.5 Å². The number of methoxy groups -OCH3 is 1. The van der Waals surface area contributed by atoms with Crippen LogP contribution in [0.4, 0.5) is 5.69 Å². The maximum Gasteiger partial charge on any atom is 0.250 e. The number of hydrogen-bond donors (Lipinski definition) is 1. The number of ether oxygens (including phenoxy) is 3. The van der Waals surface area contributed by atoms with Gasteiger partial charge in [-0.3, -0.25) is 14.5 Å². The lowest BCUT2D eigenvalue weighted by molar-refractivity contribution is -0.127. The standard InChI is InChI=1S/C28H24N2O5S/c1-33-18-8-9-20-19(12-18)28(27(32)29-20)25(26(31)17-7-10-22-23(11-17)35-15-34-22)24(16-5-3-2-4-6-16)21-13-36-14-30(21)28/h2-12,21,24-25H,13-15H2,1H3,(H,29,32)/t21-,24+,25-,28+/m0/s1. The molecule has 0 aliphatic carbocycles. The van der Waals surface area contributed by atoms with E-state index >= 15 is 0 Å². The van der Waals surface area contributed by atoms with Crippen molar-refractivity contribution in [1.29, 1.82) is 0 Å². The van der Waals surface area contributed by atoms with Crippen LogP contribution in [0.25, 0.3) is 0 Å². The van der Waals surface area contributed by atoms with E-state index in [9.17, 15) is 9.59 Å². The van der Waals surface area contributed by atoms with E-state index in [1.807, 2.05) is 36.4 Å². The van der Waals surface area contributed by atoms with Gasteiger partial charge in [-0.15, -0.1) is 11.8 Å². The fraction of sp³-hybridized carbons (Fsp3) is 0.286. The van der Waals surface area contributed by atoms with Gasteiger partial charge in [0.2, 0.25) is 12.7 Å². The summed E-state index contributed by atoms with van der Waals surface area (Å²) in [6.45, 7) is 0.135. The summed E-state index contributed by atoms with van der Waals surface area (Å²) in [5.41, 5.74) is 1.97. The Bertz CT molecular complexity index is 1400. The molecule has 1 N–H and O–H groups in total. The van der Waals surface area contributed by atoms with Crippen molar-refractivity contribution in [2.24, 2.45) is 5.92 Å². The number of anilines is 1. The zero-order valence-corrected chi connectivity index (χ0v) is 20.4. The Morgan fingerprint density at radius 1 is 1.08 bits per heavy atom. The number of fused-ring (bicyclic) bond motifs is 5. The fourth-order valence-corrected chi connectivity index (χ4v) is 7.79. The zero-order chi connectivity index (χ0) is 24.4. The van der Waals surface area contributed by atoms with Crippen molar-refractivity contribution in [2.45, 2.75) is 17.5 Å². The summed E-state index contributed by atoms with van der Waals surface area (Å²) < 4.78 is 16.6. The van der Waals surface area contributed by atoms with Gasteiger partial charge in [-0.05, 0) is 42.0 Å². The Kier molecular flexibility index (Phi) is 4.84. The van der Waals surface area contributed by atoms with Gasteiger partial charge in [-0.1, -0.05) is 30.3 Å². The van der Waals surface area contributed by atoms with E-state index in [-0.39, 0.29) is 30.4 Å². The minimum atomic E-state index is -1.15. The van der Waals surface area contributed by atoms with E-state index in [0.29, 0.717) is 28.7 Å². The van der Waals surface area contributed by atoms with E-state index in [4.69, 9.17) is 14.2 Å². The number of carbonyl (C=O) groups excluding carboxylic acids is 2. The molecule has 3 aromatic rings. The number of amides is 1. The molecule has 4 atom stereocenters. The van der Waals surface area contributed by atoms with Gasteiger partial charge in [-0.2, -0.15) is 0 Å². The van der Waals surface area contributed by atoms with Crippen LogP contribution in [0.3, 0.4) is 0 Å². The normalized spacial score (nSPS) is 27.7. The first-order valence-electron chi connectivity index (χ1n) is 12.0. The molecule has 2 fully saturated rings. The fourth-order valence-electron chi connectivity index (χ4n) is 6.46. The minimum Gasteiger partial charge on any atom is -0.497 e. The van der Waals surface area contributed by atoms with Crippen molar-refractivity contribution < 1.29 is 23.8 Å². The van der Waals surface area contributed by atoms with E-state index in [1.54, 1.807) is 37.1 Å². The molecule has 4 aliphatic rings. The second kappa shape index (κ2) is 8.01. The summed E-state index contributed by atoms with van der Waals surface area (Å²) in [6.07, 6.45) is 0. The molecular formula is C28H24N2O5S. The molecule has 8 heteroatoms. The molecule has 0 radical (unpaired) electrons. The van der Waals surface area contributed by atoms with Gasteiger partial charge in [0.1, 0.15) is 11.3 Å². The van der Waals surface area contributed by atoms with Crippen LogP contribution >= 0.6 is 11.8 Å². The van der Waals surface area contributed by atoms with Gasteiger partial charge < -0.3 is 19.5 Å². The van der Waals surface area contributed by atoms with Crippen LogP contribution in [0, 0.1) is 5.92 Å². The number of nitrogens with zero attached hydrogens (tertiary/aromatic N) is 1. The highest BCUT2D eigenvalue weighted by molar-refractivity contribution is 7.99. The minimum absolute atomic E-state index is 0.0308. The molecule has 4 aliphatic heterocycles. The lowest BCUT2D eigenvalue weighted by atomic mass is 9.69. The topological polar surface area (TPSA) is 77.1 Å². The predicted molar refractivity (Wildman–Crippen MR) is 136 cm³/mol. The molecule has 182 valence electrons. The Morgan fingerprint density at radius 3 is 2.75 bits per heavy atom. The molecule has 2 saturated heterocycles. The molecule has 7 nitrogen and oxygen atoms in total. The van der Waals surface area contributed by atoms with Gasteiger partial charge in [0.25, 0.3) is 0 Å². The zero-order valence-electron chi connectivity index (χ0n) is 19.6. The molecule has 0 aromatic heterocycles. The van der Waals surface area contributed by atoms with Crippen LogP contribution in [-0.4, -0.2) is 48.2 Å². The van der Waals surface area contributed by atoms with Crippen LogP contribution in [0.15, 0.2) is 66.7 Å². The number of rotatable bonds is 4. The van der Waals surface area contributed by atoms with Crippen molar-refractivity contribution in [3.8, 4) is 17.2 Å². The van der Waals surface area contributed by atoms with Crippen molar-refractivity contribution in [3.63, 3.8) is 0 Å². The molecule has 0 bridgehead atoms. The average Bonchev–Trinajstić information content (AvgIpc) is 3.68. The van der Waals surface area contributed by atoms with E-state index in [1.165, 1.54) is 0 Å². The summed E-state index contributed by atoms with van der Waals surface area (Å²) >= 11 is 1.80. The highest BCUT2D eigenvalue weighted by Gasteiger charge is 2.69. The maximum absolute atomic E-state index is 14.6. The third-order valence-corrected chi connectivity index (χ3v) is 8.99. The second-order valence-electron chi connectivity index (χ2n) is 9.52. The van der Waals surface area contributed by atoms with Crippen molar-refractivity contribution in [1.82, 2.24) is 4.90 Å². The predicted octanol–water partition coefficient (Wildman–Crippen LogP) is 4.24. The number of Topliss-reactive ketones (excluding diaryl/α,β-unsaturated/α-hetero) is 1. The summed E-state index contributed by atoms with van der Waals surface area (Å²) in [4.78, 5) is 31.0. The summed E-state index contributed by atoms with van der Waals surface area (Å²) in [5.74, 6) is 2.31. The molecular weight excluding hydrogens is 476 g/mol. The molecule has 4 heterocycles. The summed E-state index contributed by atoms with van der Waals surface area (Å²) in [7, 11) is 1.61. The first kappa shape index (κ1) is 21.8. The van der Waals surface area contributed by atoms with Crippen LogP contribution in [0.1, 0.15) is 27.4 Å². The largest absolute Gasteiger partial charge is 0.497 e. The van der Waals surface area contributed by atoms with E-state index < -0.39 is 11.5 Å².